The molecule has 1 aromatic carbocycles. The van der Waals surface area contributed by atoms with E-state index in [0.717, 1.165) is 31.8 Å². The number of anilines is 1. The lowest BCUT2D eigenvalue weighted by Crippen LogP contribution is -2.54. The predicted molar refractivity (Wildman–Crippen MR) is 92.2 cm³/mol. The first-order valence-corrected chi connectivity index (χ1v) is 8.96. The highest BCUT2D eigenvalue weighted by Gasteiger charge is 2.27. The van der Waals surface area contributed by atoms with Crippen molar-refractivity contribution >= 4 is 23.4 Å². The van der Waals surface area contributed by atoms with E-state index in [4.69, 9.17) is 0 Å². The van der Waals surface area contributed by atoms with E-state index in [-0.39, 0.29) is 6.04 Å². The van der Waals surface area contributed by atoms with Gasteiger partial charge in [-0.1, -0.05) is 24.6 Å². The predicted octanol–water partition coefficient (Wildman–Crippen LogP) is 3.18. The van der Waals surface area contributed by atoms with Crippen molar-refractivity contribution in [3.8, 4) is 0 Å². The number of carbonyl (C=O) groups excluding carboxylic acids is 1. The summed E-state index contributed by atoms with van der Waals surface area (Å²) in [6.07, 6.45) is 1.13. The van der Waals surface area contributed by atoms with Crippen LogP contribution in [0.1, 0.15) is 25.8 Å². The second kappa shape index (κ2) is 7.74. The molecule has 0 radical (unpaired) electrons. The molecule has 1 aliphatic rings. The van der Waals surface area contributed by atoms with Gasteiger partial charge >= 0.3 is 0 Å². The highest BCUT2D eigenvalue weighted by Crippen LogP contribution is 2.20. The van der Waals surface area contributed by atoms with Crippen molar-refractivity contribution < 1.29 is 4.79 Å². The van der Waals surface area contributed by atoms with Gasteiger partial charge in [0.15, 0.2) is 0 Å². The van der Waals surface area contributed by atoms with Crippen LogP contribution in [0, 0.1) is 6.92 Å². The van der Waals surface area contributed by atoms with E-state index in [1.807, 2.05) is 4.90 Å². The fourth-order valence-corrected chi connectivity index (χ4v) is 3.48. The number of hydrogen-bond donors (Lipinski definition) is 0. The third kappa shape index (κ3) is 4.40. The Hall–Kier alpha value is -1.16. The van der Waals surface area contributed by atoms with Gasteiger partial charge in [-0.15, -0.1) is 0 Å². The fourth-order valence-electron chi connectivity index (χ4n) is 2.70. The molecule has 0 aromatic heterocycles. The average Bonchev–Trinajstić information content (AvgIpc) is 2.48. The van der Waals surface area contributed by atoms with Crippen LogP contribution in [0.3, 0.4) is 0 Å². The summed E-state index contributed by atoms with van der Waals surface area (Å²) < 4.78 is 0. The van der Waals surface area contributed by atoms with E-state index in [2.05, 4.69) is 49.9 Å². The molecule has 0 bridgehead atoms. The number of nitrogens with zero attached hydrogens (tertiary/aromatic N) is 2. The van der Waals surface area contributed by atoms with E-state index in [9.17, 15) is 4.79 Å². The van der Waals surface area contributed by atoms with Gasteiger partial charge in [-0.25, -0.2) is 0 Å². The van der Waals surface area contributed by atoms with Gasteiger partial charge in [-0.05, 0) is 38.2 Å². The first-order valence-electron chi connectivity index (χ1n) is 7.80. The van der Waals surface area contributed by atoms with Crippen molar-refractivity contribution in [1.29, 1.82) is 0 Å². The summed E-state index contributed by atoms with van der Waals surface area (Å²) in [6, 6.07) is 8.94. The van der Waals surface area contributed by atoms with Gasteiger partial charge in [0.25, 0.3) is 0 Å². The summed E-state index contributed by atoms with van der Waals surface area (Å²) >= 11 is 1.75. The normalized spacial score (nSPS) is 18.9. The first-order chi connectivity index (χ1) is 10.1. The third-order valence-corrected chi connectivity index (χ3v) is 5.07. The molecule has 21 heavy (non-hydrogen) atoms. The number of carbonyl (C=O) groups is 1. The number of aryl methyl sites for hydroxylation is 1. The molecule has 0 spiro atoms. The number of rotatable bonds is 5. The van der Waals surface area contributed by atoms with Crippen LogP contribution in [0.2, 0.25) is 0 Å². The summed E-state index contributed by atoms with van der Waals surface area (Å²) in [4.78, 5) is 16.7. The van der Waals surface area contributed by atoms with Crippen LogP contribution in [0.5, 0.6) is 0 Å². The van der Waals surface area contributed by atoms with Crippen LogP contribution >= 0.6 is 11.8 Å². The Labute approximate surface area is 132 Å². The topological polar surface area (TPSA) is 23.6 Å². The number of piperazine rings is 1. The van der Waals surface area contributed by atoms with Crippen molar-refractivity contribution in [3.05, 3.63) is 29.8 Å². The zero-order valence-electron chi connectivity index (χ0n) is 13.3. The Morgan fingerprint density at radius 3 is 2.62 bits per heavy atom. The molecule has 3 nitrogen and oxygen atoms in total. The van der Waals surface area contributed by atoms with Gasteiger partial charge in [-0.2, -0.15) is 11.8 Å². The summed E-state index contributed by atoms with van der Waals surface area (Å²) in [5, 5.41) is 0. The largest absolute Gasteiger partial charge is 0.368 e. The molecule has 1 saturated heterocycles. The average molecular weight is 306 g/mol. The van der Waals surface area contributed by atoms with Crippen molar-refractivity contribution in [2.75, 3.05) is 36.0 Å². The van der Waals surface area contributed by atoms with Crippen molar-refractivity contribution in [3.63, 3.8) is 0 Å². The van der Waals surface area contributed by atoms with Crippen LogP contribution in [0.4, 0.5) is 5.69 Å². The van der Waals surface area contributed by atoms with Gasteiger partial charge in [-0.3, -0.25) is 4.79 Å². The number of amides is 1. The summed E-state index contributed by atoms with van der Waals surface area (Å²) in [6.45, 7) is 9.10. The second-order valence-electron chi connectivity index (χ2n) is 5.77. The maximum absolute atomic E-state index is 12.3. The molecule has 0 N–H and O–H groups in total. The second-order valence-corrected chi connectivity index (χ2v) is 6.88. The van der Waals surface area contributed by atoms with Crippen LogP contribution in [-0.2, 0) is 4.79 Å². The minimum Gasteiger partial charge on any atom is -0.368 e. The SMILES string of the molecule is CCCSCC(=O)N1CCN(c2ccc(C)cc2)CC1C. The molecule has 1 fully saturated rings. The number of hydrogen-bond acceptors (Lipinski definition) is 3. The van der Waals surface area contributed by atoms with Crippen LogP contribution < -0.4 is 4.90 Å². The number of benzene rings is 1. The smallest absolute Gasteiger partial charge is 0.232 e. The fraction of sp³-hybridized carbons (Fsp3) is 0.588. The monoisotopic (exact) mass is 306 g/mol. The van der Waals surface area contributed by atoms with E-state index in [1.54, 1.807) is 11.8 Å². The molecule has 1 aromatic rings. The maximum atomic E-state index is 12.3. The maximum Gasteiger partial charge on any atom is 0.232 e. The Kier molecular flexibility index (Phi) is 5.97. The molecule has 4 heteroatoms. The van der Waals surface area contributed by atoms with Gasteiger partial charge < -0.3 is 9.80 Å². The van der Waals surface area contributed by atoms with E-state index in [1.165, 1.54) is 11.3 Å². The quantitative estimate of drug-likeness (QED) is 0.781. The molecule has 116 valence electrons. The molecule has 1 aliphatic heterocycles. The van der Waals surface area contributed by atoms with Gasteiger partial charge in [0.05, 0.1) is 5.75 Å². The summed E-state index contributed by atoms with van der Waals surface area (Å²) in [7, 11) is 0. The molecule has 1 heterocycles. The standard InChI is InChI=1S/C17H26N2OS/c1-4-11-21-13-17(20)19-10-9-18(12-15(19)3)16-7-5-14(2)6-8-16/h5-8,15H,4,9-13H2,1-3H3. The molecule has 0 aliphatic carbocycles. The van der Waals surface area contributed by atoms with E-state index < -0.39 is 0 Å². The van der Waals surface area contributed by atoms with Crippen LogP contribution in [-0.4, -0.2) is 48.0 Å². The molecular weight excluding hydrogens is 280 g/mol. The lowest BCUT2D eigenvalue weighted by Gasteiger charge is -2.41. The minimum absolute atomic E-state index is 0.287. The highest BCUT2D eigenvalue weighted by atomic mass is 32.2. The summed E-state index contributed by atoms with van der Waals surface area (Å²) in [5.74, 6) is 2.00. The Morgan fingerprint density at radius 2 is 2.00 bits per heavy atom. The molecule has 1 amide bonds. The number of thioether (sulfide) groups is 1. The van der Waals surface area contributed by atoms with E-state index in [0.29, 0.717) is 11.7 Å². The van der Waals surface area contributed by atoms with Crippen molar-refractivity contribution in [1.82, 2.24) is 4.90 Å². The van der Waals surface area contributed by atoms with Crippen LogP contribution in [0.15, 0.2) is 24.3 Å². The summed E-state index contributed by atoms with van der Waals surface area (Å²) in [5.41, 5.74) is 2.55. The third-order valence-electron chi connectivity index (χ3n) is 3.92. The Balaban J connectivity index is 1.89. The molecule has 0 saturated carbocycles. The zero-order valence-corrected chi connectivity index (χ0v) is 14.2. The molecule has 1 unspecified atom stereocenters. The lowest BCUT2D eigenvalue weighted by atomic mass is 10.1. The Bertz CT molecular complexity index is 460. The molecule has 2 rings (SSSR count). The molecule has 1 atom stereocenters. The minimum atomic E-state index is 0.287. The van der Waals surface area contributed by atoms with Crippen molar-refractivity contribution in [2.24, 2.45) is 0 Å². The van der Waals surface area contributed by atoms with Gasteiger partial charge in [0.2, 0.25) is 5.91 Å². The van der Waals surface area contributed by atoms with Gasteiger partial charge in [0.1, 0.15) is 0 Å². The van der Waals surface area contributed by atoms with Crippen LogP contribution in [0.25, 0.3) is 0 Å². The van der Waals surface area contributed by atoms with Gasteiger partial charge in [0, 0.05) is 31.4 Å². The first kappa shape index (κ1) is 16.2. The van der Waals surface area contributed by atoms with Crippen molar-refractivity contribution in [2.45, 2.75) is 33.2 Å². The zero-order chi connectivity index (χ0) is 15.2. The lowest BCUT2D eigenvalue weighted by molar-refractivity contribution is -0.130. The van der Waals surface area contributed by atoms with E-state index >= 15 is 0 Å². The highest BCUT2D eigenvalue weighted by molar-refractivity contribution is 7.99. The molecular formula is C17H26N2OS. The Morgan fingerprint density at radius 1 is 1.29 bits per heavy atom.